The van der Waals surface area contributed by atoms with Crippen LogP contribution in [0.4, 0.5) is 4.39 Å². The van der Waals surface area contributed by atoms with Crippen LogP contribution in [0.25, 0.3) is 6.08 Å². The molecule has 2 rings (SSSR count). The Balaban J connectivity index is 2.10. The summed E-state index contributed by atoms with van der Waals surface area (Å²) >= 11 is 0. The van der Waals surface area contributed by atoms with Gasteiger partial charge in [0.25, 0.3) is 0 Å². The van der Waals surface area contributed by atoms with Crippen molar-refractivity contribution >= 4 is 6.08 Å². The molecule has 2 heteroatoms. The highest BCUT2D eigenvalue weighted by Gasteiger charge is 1.95. The zero-order chi connectivity index (χ0) is 13.5. The molecular formula is C17H13FO. The average Bonchev–Trinajstić information content (AvgIpc) is 2.46. The summed E-state index contributed by atoms with van der Waals surface area (Å²) in [7, 11) is 1.62. The van der Waals surface area contributed by atoms with Crippen molar-refractivity contribution in [2.75, 3.05) is 7.11 Å². The van der Waals surface area contributed by atoms with Gasteiger partial charge >= 0.3 is 0 Å². The fourth-order valence-corrected chi connectivity index (χ4v) is 1.58. The fourth-order valence-electron chi connectivity index (χ4n) is 1.58. The van der Waals surface area contributed by atoms with E-state index < -0.39 is 0 Å². The maximum Gasteiger partial charge on any atom is 0.134 e. The van der Waals surface area contributed by atoms with Gasteiger partial charge in [-0.15, -0.1) is 0 Å². The molecule has 0 aliphatic rings. The summed E-state index contributed by atoms with van der Waals surface area (Å²) < 4.78 is 17.9. The van der Waals surface area contributed by atoms with Crippen LogP contribution in [0.5, 0.6) is 5.75 Å². The van der Waals surface area contributed by atoms with Gasteiger partial charge in [0.05, 0.1) is 12.7 Å². The SMILES string of the molecule is COc1ccccc1C#C/C=C/c1ccc(F)cc1. The number of hydrogen-bond acceptors (Lipinski definition) is 1. The lowest BCUT2D eigenvalue weighted by Crippen LogP contribution is -1.85. The number of hydrogen-bond donors (Lipinski definition) is 0. The van der Waals surface area contributed by atoms with E-state index in [9.17, 15) is 4.39 Å². The van der Waals surface area contributed by atoms with Gasteiger partial charge in [-0.05, 0) is 42.0 Å². The number of rotatable bonds is 2. The zero-order valence-corrected chi connectivity index (χ0v) is 10.6. The molecule has 0 aliphatic heterocycles. The van der Waals surface area contributed by atoms with Crippen LogP contribution in [-0.4, -0.2) is 7.11 Å². The van der Waals surface area contributed by atoms with Crippen molar-refractivity contribution < 1.29 is 9.13 Å². The van der Waals surface area contributed by atoms with Crippen molar-refractivity contribution in [3.8, 4) is 17.6 Å². The van der Waals surface area contributed by atoms with Crippen LogP contribution >= 0.6 is 0 Å². The minimum atomic E-state index is -0.239. The van der Waals surface area contributed by atoms with E-state index in [1.807, 2.05) is 30.3 Å². The summed E-state index contributed by atoms with van der Waals surface area (Å²) in [6.07, 6.45) is 3.57. The number of allylic oxidation sites excluding steroid dienone is 1. The lowest BCUT2D eigenvalue weighted by atomic mass is 10.2. The number of para-hydroxylation sites is 1. The smallest absolute Gasteiger partial charge is 0.134 e. The van der Waals surface area contributed by atoms with Gasteiger partial charge in [0, 0.05) is 0 Å². The standard InChI is InChI=1S/C17H13FO/c1-19-17-9-5-4-8-15(17)7-3-2-6-14-10-12-16(18)13-11-14/h2,4-6,8-13H,1H3/b6-2+. The van der Waals surface area contributed by atoms with Gasteiger partial charge in [-0.2, -0.15) is 0 Å². The van der Waals surface area contributed by atoms with Crippen LogP contribution in [0.1, 0.15) is 11.1 Å². The molecule has 1 nitrogen and oxygen atoms in total. The Morgan fingerprint density at radius 3 is 2.53 bits per heavy atom. The molecule has 94 valence electrons. The minimum absolute atomic E-state index is 0.239. The first-order valence-corrected chi connectivity index (χ1v) is 5.86. The summed E-state index contributed by atoms with van der Waals surface area (Å²) in [4.78, 5) is 0. The molecule has 2 aromatic rings. The van der Waals surface area contributed by atoms with E-state index >= 15 is 0 Å². The molecule has 0 aliphatic carbocycles. The molecule has 0 bridgehead atoms. The average molecular weight is 252 g/mol. The van der Waals surface area contributed by atoms with Crippen LogP contribution in [-0.2, 0) is 0 Å². The van der Waals surface area contributed by atoms with Crippen molar-refractivity contribution in [2.24, 2.45) is 0 Å². The second-order valence-electron chi connectivity index (χ2n) is 3.85. The van der Waals surface area contributed by atoms with Crippen LogP contribution in [0, 0.1) is 17.7 Å². The van der Waals surface area contributed by atoms with Gasteiger partial charge in [-0.25, -0.2) is 4.39 Å². The fraction of sp³-hybridized carbons (Fsp3) is 0.0588. The van der Waals surface area contributed by atoms with Crippen molar-refractivity contribution in [3.63, 3.8) is 0 Å². The monoisotopic (exact) mass is 252 g/mol. The Morgan fingerprint density at radius 1 is 1.05 bits per heavy atom. The highest BCUT2D eigenvalue weighted by molar-refractivity contribution is 5.54. The molecule has 19 heavy (non-hydrogen) atoms. The summed E-state index contributed by atoms with van der Waals surface area (Å²) in [6, 6.07) is 13.8. The van der Waals surface area contributed by atoms with Gasteiger partial charge in [0.2, 0.25) is 0 Å². The van der Waals surface area contributed by atoms with Gasteiger partial charge in [-0.1, -0.05) is 36.1 Å². The van der Waals surface area contributed by atoms with Gasteiger partial charge in [0.1, 0.15) is 11.6 Å². The Hall–Kier alpha value is -2.53. The normalized spacial score (nSPS) is 10.0. The molecule has 0 saturated carbocycles. The predicted molar refractivity (Wildman–Crippen MR) is 75.3 cm³/mol. The number of benzene rings is 2. The Morgan fingerprint density at radius 2 is 1.79 bits per heavy atom. The maximum atomic E-state index is 12.7. The molecule has 0 aromatic heterocycles. The highest BCUT2D eigenvalue weighted by atomic mass is 19.1. The third-order valence-electron chi connectivity index (χ3n) is 2.54. The molecule has 0 unspecified atom stereocenters. The van der Waals surface area contributed by atoms with Crippen LogP contribution in [0.3, 0.4) is 0 Å². The third-order valence-corrected chi connectivity index (χ3v) is 2.54. The number of methoxy groups -OCH3 is 1. The second kappa shape index (κ2) is 6.42. The van der Waals surface area contributed by atoms with E-state index in [-0.39, 0.29) is 5.82 Å². The topological polar surface area (TPSA) is 9.23 Å². The molecular weight excluding hydrogens is 239 g/mol. The summed E-state index contributed by atoms with van der Waals surface area (Å²) in [5.41, 5.74) is 1.75. The number of ether oxygens (including phenoxy) is 1. The van der Waals surface area contributed by atoms with Crippen LogP contribution < -0.4 is 4.74 Å². The van der Waals surface area contributed by atoms with Gasteiger partial charge in [-0.3, -0.25) is 0 Å². The first kappa shape index (κ1) is 12.9. The molecule has 0 spiro atoms. The molecule has 0 N–H and O–H groups in total. The molecule has 0 atom stereocenters. The summed E-state index contributed by atoms with van der Waals surface area (Å²) in [5, 5.41) is 0. The van der Waals surface area contributed by atoms with Crippen LogP contribution in [0.2, 0.25) is 0 Å². The molecule has 0 amide bonds. The van der Waals surface area contributed by atoms with Gasteiger partial charge < -0.3 is 4.74 Å². The van der Waals surface area contributed by atoms with E-state index in [1.54, 1.807) is 25.3 Å². The van der Waals surface area contributed by atoms with E-state index in [0.717, 1.165) is 16.9 Å². The largest absolute Gasteiger partial charge is 0.495 e. The maximum absolute atomic E-state index is 12.7. The lowest BCUT2D eigenvalue weighted by molar-refractivity contribution is 0.413. The Bertz CT molecular complexity index is 630. The molecule has 2 aromatic carbocycles. The second-order valence-corrected chi connectivity index (χ2v) is 3.85. The van der Waals surface area contributed by atoms with E-state index in [0.29, 0.717) is 0 Å². The number of halogens is 1. The van der Waals surface area contributed by atoms with Crippen molar-refractivity contribution in [1.29, 1.82) is 0 Å². The van der Waals surface area contributed by atoms with E-state index in [1.165, 1.54) is 12.1 Å². The molecule has 0 fully saturated rings. The quantitative estimate of drug-likeness (QED) is 0.736. The highest BCUT2D eigenvalue weighted by Crippen LogP contribution is 2.15. The Kier molecular flexibility index (Phi) is 4.36. The van der Waals surface area contributed by atoms with Gasteiger partial charge in [0.15, 0.2) is 0 Å². The molecule has 0 heterocycles. The van der Waals surface area contributed by atoms with E-state index in [2.05, 4.69) is 11.8 Å². The van der Waals surface area contributed by atoms with Crippen molar-refractivity contribution in [3.05, 3.63) is 71.6 Å². The summed E-state index contributed by atoms with van der Waals surface area (Å²) in [5.74, 6) is 6.46. The zero-order valence-electron chi connectivity index (χ0n) is 10.6. The predicted octanol–water partition coefficient (Wildman–Crippen LogP) is 3.90. The van der Waals surface area contributed by atoms with Crippen LogP contribution in [0.15, 0.2) is 54.6 Å². The lowest BCUT2D eigenvalue weighted by Gasteiger charge is -2.00. The Labute approximate surface area is 112 Å². The first-order chi connectivity index (χ1) is 9.29. The molecule has 0 saturated heterocycles. The summed E-state index contributed by atoms with van der Waals surface area (Å²) in [6.45, 7) is 0. The third kappa shape index (κ3) is 3.72. The minimum Gasteiger partial charge on any atom is -0.495 e. The molecule has 0 radical (unpaired) electrons. The van der Waals surface area contributed by atoms with Crippen molar-refractivity contribution in [1.82, 2.24) is 0 Å². The van der Waals surface area contributed by atoms with E-state index in [4.69, 9.17) is 4.74 Å². The van der Waals surface area contributed by atoms with Crippen molar-refractivity contribution in [2.45, 2.75) is 0 Å². The first-order valence-electron chi connectivity index (χ1n) is 5.86.